The molecule has 0 saturated carbocycles. The number of urea groups is 1. The summed E-state index contributed by atoms with van der Waals surface area (Å²) in [5.41, 5.74) is 3.05. The molecule has 3 aromatic carbocycles. The molecule has 224 valence electrons. The van der Waals surface area contributed by atoms with Crippen LogP contribution in [-0.2, 0) is 16.6 Å². The van der Waals surface area contributed by atoms with Gasteiger partial charge in [0, 0.05) is 43.6 Å². The third-order valence-electron chi connectivity index (χ3n) is 6.93. The summed E-state index contributed by atoms with van der Waals surface area (Å²) in [5, 5.41) is 12.3. The monoisotopic (exact) mass is 611 g/mol. The van der Waals surface area contributed by atoms with Gasteiger partial charge in [-0.1, -0.05) is 25.5 Å². The van der Waals surface area contributed by atoms with Crippen LogP contribution in [0.1, 0.15) is 43.7 Å². The maximum atomic E-state index is 13.2. The number of halogens is 1. The zero-order valence-corrected chi connectivity index (χ0v) is 25.6. The summed E-state index contributed by atoms with van der Waals surface area (Å²) in [4.78, 5) is 17.3. The molecule has 0 bridgehead atoms. The van der Waals surface area contributed by atoms with Gasteiger partial charge in [0.1, 0.15) is 11.5 Å². The quantitative estimate of drug-likeness (QED) is 0.270. The van der Waals surface area contributed by atoms with Crippen molar-refractivity contribution in [3.8, 4) is 17.6 Å². The molecule has 9 nitrogen and oxygen atoms in total. The minimum Gasteiger partial charge on any atom is -0.457 e. The van der Waals surface area contributed by atoms with Gasteiger partial charge in [0.25, 0.3) is 0 Å². The number of nitrogens with zero attached hydrogens (tertiary/aromatic N) is 3. The van der Waals surface area contributed by atoms with E-state index in [9.17, 15) is 13.2 Å². The van der Waals surface area contributed by atoms with Crippen molar-refractivity contribution in [2.75, 3.05) is 35.5 Å². The molecule has 1 saturated heterocycles. The van der Waals surface area contributed by atoms with Gasteiger partial charge >= 0.3 is 6.03 Å². The highest BCUT2D eigenvalue weighted by Gasteiger charge is 2.24. The number of rotatable bonds is 11. The molecule has 1 aliphatic heterocycles. The molecule has 3 aromatic rings. The molecule has 1 aliphatic rings. The highest BCUT2D eigenvalue weighted by molar-refractivity contribution is 7.92. The summed E-state index contributed by atoms with van der Waals surface area (Å²) in [7, 11) is -3.32. The molecule has 0 aromatic heterocycles. The lowest BCUT2D eigenvalue weighted by Crippen LogP contribution is -2.49. The van der Waals surface area contributed by atoms with Crippen molar-refractivity contribution in [1.29, 1.82) is 5.26 Å². The van der Waals surface area contributed by atoms with Crippen LogP contribution in [0.2, 0.25) is 0 Å². The third kappa shape index (κ3) is 9.94. The number of nitriles is 1. The SMILES string of the molecule is CCCCN(C(=O)NC1CCN(Cc2ccc(Oc3ccc(NS(C)(=O)=O)cc3)cc2)CC1)c1ccc(C#N)cc1.Cl. The fraction of sp³-hybridized carbons (Fsp3) is 0.355. The second-order valence-corrected chi connectivity index (χ2v) is 12.1. The maximum absolute atomic E-state index is 13.2. The number of carbonyl (C=O) groups is 1. The number of ether oxygens (including phenoxy) is 1. The number of piperidine rings is 1. The molecule has 0 spiro atoms. The number of carbonyl (C=O) groups excluding carboxylic acids is 1. The third-order valence-corrected chi connectivity index (χ3v) is 7.53. The Morgan fingerprint density at radius 2 is 1.60 bits per heavy atom. The van der Waals surface area contributed by atoms with E-state index in [1.54, 1.807) is 41.3 Å². The molecule has 2 N–H and O–H groups in total. The molecular weight excluding hydrogens is 574 g/mol. The molecule has 1 fully saturated rings. The fourth-order valence-electron chi connectivity index (χ4n) is 4.73. The van der Waals surface area contributed by atoms with Crippen LogP contribution in [0.3, 0.4) is 0 Å². The number of hydrogen-bond acceptors (Lipinski definition) is 6. The normalized spacial score (nSPS) is 13.8. The lowest BCUT2D eigenvalue weighted by Gasteiger charge is -2.34. The molecule has 42 heavy (non-hydrogen) atoms. The maximum Gasteiger partial charge on any atom is 0.322 e. The van der Waals surface area contributed by atoms with Gasteiger partial charge in [-0.05, 0) is 85.5 Å². The number of amides is 2. The number of sulfonamides is 1. The van der Waals surface area contributed by atoms with Crippen LogP contribution in [0.4, 0.5) is 16.2 Å². The molecule has 0 radical (unpaired) electrons. The topological polar surface area (TPSA) is 115 Å². The molecule has 11 heteroatoms. The zero-order valence-electron chi connectivity index (χ0n) is 24.0. The molecular formula is C31H38ClN5O4S. The summed E-state index contributed by atoms with van der Waals surface area (Å²) < 4.78 is 31.0. The van der Waals surface area contributed by atoms with Gasteiger partial charge < -0.3 is 10.1 Å². The van der Waals surface area contributed by atoms with Crippen molar-refractivity contribution in [2.45, 2.75) is 45.2 Å². The van der Waals surface area contributed by atoms with E-state index in [1.165, 1.54) is 5.56 Å². The Bertz CT molecular complexity index is 1430. The van der Waals surface area contributed by atoms with E-state index in [1.807, 2.05) is 36.4 Å². The van der Waals surface area contributed by atoms with E-state index in [4.69, 9.17) is 10.00 Å². The number of unbranched alkanes of at least 4 members (excludes halogenated alkanes) is 1. The first-order valence-corrected chi connectivity index (χ1v) is 15.8. The first-order chi connectivity index (χ1) is 19.7. The smallest absolute Gasteiger partial charge is 0.322 e. The number of benzene rings is 3. The Labute approximate surface area is 254 Å². The van der Waals surface area contributed by atoms with Gasteiger partial charge in [-0.2, -0.15) is 5.26 Å². The van der Waals surface area contributed by atoms with Crippen molar-refractivity contribution in [1.82, 2.24) is 10.2 Å². The highest BCUT2D eigenvalue weighted by atomic mass is 35.5. The minimum atomic E-state index is -3.32. The van der Waals surface area contributed by atoms with Gasteiger partial charge in [-0.15, -0.1) is 12.4 Å². The van der Waals surface area contributed by atoms with Crippen molar-refractivity contribution in [3.05, 3.63) is 83.9 Å². The van der Waals surface area contributed by atoms with Crippen LogP contribution in [0, 0.1) is 11.3 Å². The zero-order chi connectivity index (χ0) is 29.2. The Morgan fingerprint density at radius 1 is 1.00 bits per heavy atom. The average Bonchev–Trinajstić information content (AvgIpc) is 2.96. The van der Waals surface area contributed by atoms with Crippen molar-refractivity contribution in [3.63, 3.8) is 0 Å². The Hall–Kier alpha value is -3.78. The summed E-state index contributed by atoms with van der Waals surface area (Å²) in [6.07, 6.45) is 4.77. The van der Waals surface area contributed by atoms with Gasteiger partial charge in [-0.25, -0.2) is 13.2 Å². The Balaban J connectivity index is 0.00000484. The first-order valence-electron chi connectivity index (χ1n) is 13.9. The van der Waals surface area contributed by atoms with Crippen LogP contribution in [-0.4, -0.2) is 51.3 Å². The van der Waals surface area contributed by atoms with Crippen LogP contribution in [0.5, 0.6) is 11.5 Å². The lowest BCUT2D eigenvalue weighted by molar-refractivity contribution is 0.188. The summed E-state index contributed by atoms with van der Waals surface area (Å²) in [5.74, 6) is 1.32. The predicted molar refractivity (Wildman–Crippen MR) is 169 cm³/mol. The van der Waals surface area contributed by atoms with Crippen molar-refractivity contribution in [2.24, 2.45) is 0 Å². The van der Waals surface area contributed by atoms with Crippen LogP contribution in [0.25, 0.3) is 0 Å². The second-order valence-electron chi connectivity index (χ2n) is 10.3. The fourth-order valence-corrected chi connectivity index (χ4v) is 5.29. The summed E-state index contributed by atoms with van der Waals surface area (Å²) >= 11 is 0. The highest BCUT2D eigenvalue weighted by Crippen LogP contribution is 2.25. The Kier molecular flexibility index (Phi) is 12.0. The van der Waals surface area contributed by atoms with Gasteiger partial charge in [-0.3, -0.25) is 14.5 Å². The summed E-state index contributed by atoms with van der Waals surface area (Å²) in [6, 6.07) is 24.0. The van der Waals surface area contributed by atoms with E-state index in [-0.39, 0.29) is 24.5 Å². The average molecular weight is 612 g/mol. The molecule has 1 heterocycles. The summed E-state index contributed by atoms with van der Waals surface area (Å²) in [6.45, 7) is 5.34. The first kappa shape index (κ1) is 32.7. The minimum absolute atomic E-state index is 0. The molecule has 0 aliphatic carbocycles. The lowest BCUT2D eigenvalue weighted by atomic mass is 10.0. The van der Waals surface area contributed by atoms with E-state index >= 15 is 0 Å². The van der Waals surface area contributed by atoms with E-state index < -0.39 is 10.0 Å². The molecule has 2 amide bonds. The molecule has 0 atom stereocenters. The number of anilines is 2. The van der Waals surface area contributed by atoms with Crippen LogP contribution < -0.4 is 19.7 Å². The van der Waals surface area contributed by atoms with Crippen molar-refractivity contribution >= 4 is 39.8 Å². The standard InChI is InChI=1S/C31H37N5O4S.ClH/c1-3-4-19-36(28-11-5-24(22-32)6-12-28)31(37)33-26-17-20-35(21-18-26)23-25-7-13-29(14-8-25)40-30-15-9-27(10-16-30)34-41(2,38)39;/h5-16,26,34H,3-4,17-21,23H2,1-2H3,(H,33,37);1H. The van der Waals surface area contributed by atoms with Crippen LogP contribution >= 0.6 is 12.4 Å². The molecule has 4 rings (SSSR count). The van der Waals surface area contributed by atoms with Gasteiger partial charge in [0.2, 0.25) is 10.0 Å². The van der Waals surface area contributed by atoms with E-state index in [2.05, 4.69) is 27.9 Å². The van der Waals surface area contributed by atoms with E-state index in [0.29, 0.717) is 29.3 Å². The largest absolute Gasteiger partial charge is 0.457 e. The Morgan fingerprint density at radius 3 is 2.14 bits per heavy atom. The van der Waals surface area contributed by atoms with E-state index in [0.717, 1.165) is 57.3 Å². The van der Waals surface area contributed by atoms with Gasteiger partial charge in [0.05, 0.1) is 17.9 Å². The molecule has 0 unspecified atom stereocenters. The van der Waals surface area contributed by atoms with Gasteiger partial charge in [0.15, 0.2) is 0 Å². The number of nitrogens with one attached hydrogen (secondary N) is 2. The predicted octanol–water partition coefficient (Wildman–Crippen LogP) is 6.12. The van der Waals surface area contributed by atoms with Crippen molar-refractivity contribution < 1.29 is 17.9 Å². The number of likely N-dealkylation sites (tertiary alicyclic amines) is 1. The second kappa shape index (κ2) is 15.4. The number of hydrogen-bond donors (Lipinski definition) is 2. The van der Waals surface area contributed by atoms with Crippen LogP contribution in [0.15, 0.2) is 72.8 Å².